The molecular formula is C14H19N3O5S. The van der Waals surface area contributed by atoms with E-state index in [2.05, 4.69) is 5.32 Å². The fourth-order valence-electron chi connectivity index (χ4n) is 2.55. The maximum Gasteiger partial charge on any atom is 0.250 e. The van der Waals surface area contributed by atoms with E-state index in [1.165, 1.54) is 12.0 Å². The third-order valence-corrected chi connectivity index (χ3v) is 4.33. The van der Waals surface area contributed by atoms with Gasteiger partial charge in [-0.05, 0) is 18.2 Å². The number of primary sulfonamides is 1. The molecule has 0 bridgehead atoms. The molecule has 23 heavy (non-hydrogen) atoms. The van der Waals surface area contributed by atoms with Gasteiger partial charge in [-0.15, -0.1) is 0 Å². The minimum absolute atomic E-state index is 0.0662. The van der Waals surface area contributed by atoms with Gasteiger partial charge in [-0.25, -0.2) is 13.6 Å². The number of ether oxygens (including phenoxy) is 1. The van der Waals surface area contributed by atoms with E-state index < -0.39 is 10.0 Å². The summed E-state index contributed by atoms with van der Waals surface area (Å²) in [5.41, 5.74) is 1.13. The smallest absolute Gasteiger partial charge is 0.250 e. The third kappa shape index (κ3) is 5.02. The van der Waals surface area contributed by atoms with Crippen LogP contribution in [0.25, 0.3) is 0 Å². The minimum atomic E-state index is -3.62. The second-order valence-corrected chi connectivity index (χ2v) is 7.09. The molecule has 1 fully saturated rings. The Morgan fingerprint density at radius 1 is 1.48 bits per heavy atom. The highest BCUT2D eigenvalue weighted by Crippen LogP contribution is 2.27. The Kier molecular flexibility index (Phi) is 5.34. The number of anilines is 2. The van der Waals surface area contributed by atoms with Gasteiger partial charge in [0.2, 0.25) is 21.8 Å². The summed E-state index contributed by atoms with van der Waals surface area (Å²) in [6.07, 6.45) is 0.136. The quantitative estimate of drug-likeness (QED) is 0.750. The van der Waals surface area contributed by atoms with Gasteiger partial charge in [-0.1, -0.05) is 6.07 Å². The van der Waals surface area contributed by atoms with Crippen molar-refractivity contribution >= 4 is 33.2 Å². The Morgan fingerprint density at radius 3 is 2.87 bits per heavy atom. The Bertz CT molecular complexity index is 704. The van der Waals surface area contributed by atoms with Crippen LogP contribution in [0.2, 0.25) is 0 Å². The Hall–Kier alpha value is -1.97. The van der Waals surface area contributed by atoms with Crippen molar-refractivity contribution in [2.24, 2.45) is 11.1 Å². The van der Waals surface area contributed by atoms with Crippen LogP contribution in [0, 0.1) is 5.92 Å². The van der Waals surface area contributed by atoms with Crippen molar-refractivity contribution in [2.75, 3.05) is 36.2 Å². The molecule has 9 heteroatoms. The van der Waals surface area contributed by atoms with Crippen molar-refractivity contribution in [2.45, 2.75) is 6.42 Å². The number of nitrogens with one attached hydrogen (secondary N) is 1. The summed E-state index contributed by atoms with van der Waals surface area (Å²) in [5.74, 6) is -1.02. The van der Waals surface area contributed by atoms with Gasteiger partial charge < -0.3 is 15.0 Å². The summed E-state index contributed by atoms with van der Waals surface area (Å²) < 4.78 is 27.1. The molecule has 2 rings (SSSR count). The molecule has 1 saturated heterocycles. The monoisotopic (exact) mass is 341 g/mol. The molecule has 1 unspecified atom stereocenters. The van der Waals surface area contributed by atoms with Gasteiger partial charge in [-0.2, -0.15) is 0 Å². The van der Waals surface area contributed by atoms with Gasteiger partial charge in [0.1, 0.15) is 6.61 Å². The van der Waals surface area contributed by atoms with E-state index in [-0.39, 0.29) is 43.1 Å². The van der Waals surface area contributed by atoms with Gasteiger partial charge in [0.05, 0.1) is 5.75 Å². The van der Waals surface area contributed by atoms with Gasteiger partial charge in [0.25, 0.3) is 0 Å². The van der Waals surface area contributed by atoms with Crippen LogP contribution >= 0.6 is 0 Å². The summed E-state index contributed by atoms with van der Waals surface area (Å²) in [5, 5.41) is 7.69. The molecule has 3 N–H and O–H groups in total. The van der Waals surface area contributed by atoms with Crippen molar-refractivity contribution in [3.05, 3.63) is 24.3 Å². The van der Waals surface area contributed by atoms with Gasteiger partial charge in [-0.3, -0.25) is 9.59 Å². The number of amides is 2. The predicted octanol–water partition coefficient (Wildman–Crippen LogP) is -0.0871. The zero-order valence-electron chi connectivity index (χ0n) is 12.7. The number of sulfonamides is 1. The molecule has 1 aliphatic heterocycles. The normalized spacial score (nSPS) is 18.3. The largest absolute Gasteiger partial charge is 0.375 e. The average molecular weight is 341 g/mol. The number of methoxy groups -OCH3 is 1. The summed E-state index contributed by atoms with van der Waals surface area (Å²) >= 11 is 0. The number of nitrogens with two attached hydrogens (primary N) is 1. The van der Waals surface area contributed by atoms with Crippen LogP contribution in [-0.4, -0.2) is 46.2 Å². The first kappa shape index (κ1) is 17.4. The second-order valence-electron chi connectivity index (χ2n) is 5.44. The van der Waals surface area contributed by atoms with Crippen LogP contribution in [0.15, 0.2) is 24.3 Å². The summed E-state index contributed by atoms with van der Waals surface area (Å²) in [6, 6.07) is 6.78. The second kappa shape index (κ2) is 7.07. The molecule has 1 aromatic carbocycles. The van der Waals surface area contributed by atoms with Crippen LogP contribution in [0.4, 0.5) is 11.4 Å². The lowest BCUT2D eigenvalue weighted by Crippen LogP contribution is -2.27. The SMILES string of the molecule is COCC(=O)Nc1cccc(N2CC(CS(N)(=O)=O)CC2=O)c1. The van der Waals surface area contributed by atoms with Crippen molar-refractivity contribution in [3.63, 3.8) is 0 Å². The molecule has 1 aliphatic rings. The molecule has 2 amide bonds. The molecule has 126 valence electrons. The summed E-state index contributed by atoms with van der Waals surface area (Å²) in [6.45, 7) is 0.216. The lowest BCUT2D eigenvalue weighted by Gasteiger charge is -2.17. The van der Waals surface area contributed by atoms with Gasteiger partial charge in [0.15, 0.2) is 0 Å². The number of hydrogen-bond acceptors (Lipinski definition) is 5. The van der Waals surface area contributed by atoms with Crippen LogP contribution < -0.4 is 15.4 Å². The van der Waals surface area contributed by atoms with E-state index in [4.69, 9.17) is 9.88 Å². The molecule has 0 aliphatic carbocycles. The van der Waals surface area contributed by atoms with E-state index in [1.807, 2.05) is 0 Å². The van der Waals surface area contributed by atoms with Crippen molar-refractivity contribution in [1.29, 1.82) is 0 Å². The summed E-state index contributed by atoms with van der Waals surface area (Å²) in [7, 11) is -2.20. The Labute approximate surface area is 134 Å². The first-order chi connectivity index (χ1) is 10.8. The Morgan fingerprint density at radius 2 is 2.22 bits per heavy atom. The van der Waals surface area contributed by atoms with E-state index >= 15 is 0 Å². The van der Waals surface area contributed by atoms with E-state index in [0.717, 1.165) is 0 Å². The highest BCUT2D eigenvalue weighted by molar-refractivity contribution is 7.89. The van der Waals surface area contributed by atoms with Crippen molar-refractivity contribution in [3.8, 4) is 0 Å². The molecule has 0 aromatic heterocycles. The highest BCUT2D eigenvalue weighted by atomic mass is 32.2. The molecule has 0 radical (unpaired) electrons. The van der Waals surface area contributed by atoms with E-state index in [0.29, 0.717) is 11.4 Å². The van der Waals surface area contributed by atoms with Crippen molar-refractivity contribution in [1.82, 2.24) is 0 Å². The first-order valence-electron chi connectivity index (χ1n) is 6.98. The molecular weight excluding hydrogens is 322 g/mol. The molecule has 0 saturated carbocycles. The highest BCUT2D eigenvalue weighted by Gasteiger charge is 2.32. The maximum atomic E-state index is 12.1. The summed E-state index contributed by atoms with van der Waals surface area (Å²) in [4.78, 5) is 25.1. The number of nitrogens with zero attached hydrogens (tertiary/aromatic N) is 1. The number of carbonyl (C=O) groups excluding carboxylic acids is 2. The topological polar surface area (TPSA) is 119 Å². The third-order valence-electron chi connectivity index (χ3n) is 3.39. The zero-order chi connectivity index (χ0) is 17.0. The fourth-order valence-corrected chi connectivity index (χ4v) is 3.43. The van der Waals surface area contributed by atoms with Gasteiger partial charge in [0, 0.05) is 37.4 Å². The number of hydrogen-bond donors (Lipinski definition) is 2. The van der Waals surface area contributed by atoms with Crippen LogP contribution in [0.3, 0.4) is 0 Å². The van der Waals surface area contributed by atoms with E-state index in [1.54, 1.807) is 24.3 Å². The van der Waals surface area contributed by atoms with Gasteiger partial charge >= 0.3 is 0 Å². The molecule has 1 heterocycles. The molecule has 1 atom stereocenters. The van der Waals surface area contributed by atoms with Crippen LogP contribution in [0.1, 0.15) is 6.42 Å². The lowest BCUT2D eigenvalue weighted by molar-refractivity contribution is -0.119. The van der Waals surface area contributed by atoms with Crippen LogP contribution in [0.5, 0.6) is 0 Å². The molecule has 1 aromatic rings. The number of rotatable bonds is 6. The fraction of sp³-hybridized carbons (Fsp3) is 0.429. The lowest BCUT2D eigenvalue weighted by atomic mass is 10.1. The number of benzene rings is 1. The van der Waals surface area contributed by atoms with E-state index in [9.17, 15) is 18.0 Å². The zero-order valence-corrected chi connectivity index (χ0v) is 13.5. The molecule has 0 spiro atoms. The number of carbonyl (C=O) groups is 2. The standard InChI is InChI=1S/C14H19N3O5S/c1-22-8-13(18)16-11-3-2-4-12(6-11)17-7-10(5-14(17)19)9-23(15,20)21/h2-4,6,10H,5,7-9H2,1H3,(H,16,18)(H2,15,20,21). The van der Waals surface area contributed by atoms with Crippen molar-refractivity contribution < 1.29 is 22.7 Å². The first-order valence-corrected chi connectivity index (χ1v) is 8.69. The predicted molar refractivity (Wildman–Crippen MR) is 85.4 cm³/mol. The minimum Gasteiger partial charge on any atom is -0.375 e. The maximum absolute atomic E-state index is 12.1. The van der Waals surface area contributed by atoms with Crippen LogP contribution in [-0.2, 0) is 24.3 Å². The molecule has 8 nitrogen and oxygen atoms in total. The average Bonchev–Trinajstić information content (AvgIpc) is 2.77. The Balaban J connectivity index is 2.10.